The molecular weight excluding hydrogens is 364 g/mol. The van der Waals surface area contributed by atoms with Crippen LogP contribution in [0, 0.1) is 5.92 Å². The van der Waals surface area contributed by atoms with Gasteiger partial charge in [0.15, 0.2) is 0 Å². The Hall–Kier alpha value is -2.32. The maximum Gasteiger partial charge on any atom is 0.408 e. The average molecular weight is 399 g/mol. The zero-order chi connectivity index (χ0) is 21.6. The first-order valence-electron chi connectivity index (χ1n) is 9.77. The Morgan fingerprint density at radius 2 is 1.79 bits per heavy atom. The van der Waals surface area contributed by atoms with Gasteiger partial charge in [-0.25, -0.2) is 4.79 Å². The van der Waals surface area contributed by atoms with Crippen LogP contribution in [-0.2, 0) is 19.1 Å². The van der Waals surface area contributed by atoms with Crippen molar-refractivity contribution in [3.63, 3.8) is 0 Å². The highest BCUT2D eigenvalue weighted by Crippen LogP contribution is 2.20. The van der Waals surface area contributed by atoms with E-state index in [1.54, 1.807) is 27.7 Å². The van der Waals surface area contributed by atoms with Crippen LogP contribution in [0.25, 0.3) is 0 Å². The zero-order valence-electron chi connectivity index (χ0n) is 17.7. The molecule has 9 heteroatoms. The number of alkyl carbamates (subject to hydrolysis) is 1. The van der Waals surface area contributed by atoms with Crippen molar-refractivity contribution in [2.45, 2.75) is 84.5 Å². The molecule has 1 aliphatic heterocycles. The topological polar surface area (TPSA) is 131 Å². The van der Waals surface area contributed by atoms with E-state index < -0.39 is 41.6 Å². The van der Waals surface area contributed by atoms with Crippen LogP contribution in [-0.4, -0.2) is 59.0 Å². The minimum Gasteiger partial charge on any atom is -0.444 e. The maximum atomic E-state index is 12.8. The van der Waals surface area contributed by atoms with E-state index in [1.807, 2.05) is 13.8 Å². The van der Waals surface area contributed by atoms with Crippen molar-refractivity contribution in [3.05, 3.63) is 0 Å². The molecule has 1 rings (SSSR count). The number of hydrogen-bond acceptors (Lipinski definition) is 5. The highest BCUT2D eigenvalue weighted by Gasteiger charge is 2.38. The van der Waals surface area contributed by atoms with Gasteiger partial charge in [-0.15, -0.1) is 0 Å². The maximum absolute atomic E-state index is 12.8. The molecule has 4 amide bonds. The average Bonchev–Trinajstić information content (AvgIpc) is 3.05. The van der Waals surface area contributed by atoms with Crippen molar-refractivity contribution in [2.75, 3.05) is 6.54 Å². The van der Waals surface area contributed by atoms with Gasteiger partial charge < -0.3 is 26.0 Å². The van der Waals surface area contributed by atoms with Gasteiger partial charge >= 0.3 is 6.09 Å². The molecule has 0 unspecified atom stereocenters. The number of primary amides is 1. The molecule has 0 spiro atoms. The van der Waals surface area contributed by atoms with Crippen LogP contribution in [0.5, 0.6) is 0 Å². The predicted molar refractivity (Wildman–Crippen MR) is 104 cm³/mol. The van der Waals surface area contributed by atoms with Crippen molar-refractivity contribution in [3.8, 4) is 0 Å². The van der Waals surface area contributed by atoms with Crippen molar-refractivity contribution in [1.82, 2.24) is 15.5 Å². The lowest BCUT2D eigenvalue weighted by atomic mass is 9.98. The first-order chi connectivity index (χ1) is 12.9. The second-order valence-electron chi connectivity index (χ2n) is 8.33. The second-order valence-corrected chi connectivity index (χ2v) is 8.33. The monoisotopic (exact) mass is 398 g/mol. The number of amides is 4. The minimum absolute atomic E-state index is 0.111. The Morgan fingerprint density at radius 3 is 2.29 bits per heavy atom. The highest BCUT2D eigenvalue weighted by molar-refractivity contribution is 5.93. The third kappa shape index (κ3) is 6.69. The molecular formula is C19H34N4O5. The summed E-state index contributed by atoms with van der Waals surface area (Å²) >= 11 is 0. The Kier molecular flexibility index (Phi) is 8.26. The van der Waals surface area contributed by atoms with E-state index >= 15 is 0 Å². The zero-order valence-corrected chi connectivity index (χ0v) is 17.7. The quantitative estimate of drug-likeness (QED) is 0.586. The number of likely N-dealkylation sites (tertiary alicyclic amines) is 1. The molecule has 0 aromatic carbocycles. The Labute approximate surface area is 166 Å². The van der Waals surface area contributed by atoms with Gasteiger partial charge in [0, 0.05) is 6.54 Å². The van der Waals surface area contributed by atoms with Crippen molar-refractivity contribution < 1.29 is 23.9 Å². The molecule has 0 aromatic rings. The molecule has 1 heterocycles. The number of nitrogens with two attached hydrogens (primary N) is 1. The molecule has 0 bridgehead atoms. The first kappa shape index (κ1) is 23.7. The number of nitrogens with one attached hydrogen (secondary N) is 2. The third-order valence-electron chi connectivity index (χ3n) is 4.76. The molecule has 1 saturated heterocycles. The summed E-state index contributed by atoms with van der Waals surface area (Å²) < 4.78 is 5.16. The molecule has 0 radical (unpaired) electrons. The molecule has 4 N–H and O–H groups in total. The van der Waals surface area contributed by atoms with Crippen LogP contribution >= 0.6 is 0 Å². The van der Waals surface area contributed by atoms with Gasteiger partial charge in [-0.3, -0.25) is 14.4 Å². The number of carbonyl (C=O) groups is 4. The van der Waals surface area contributed by atoms with Gasteiger partial charge in [-0.05, 0) is 46.5 Å². The molecule has 0 saturated carbocycles. The molecule has 1 fully saturated rings. The van der Waals surface area contributed by atoms with E-state index in [1.165, 1.54) is 4.90 Å². The van der Waals surface area contributed by atoms with Crippen LogP contribution in [0.3, 0.4) is 0 Å². The molecule has 4 atom stereocenters. The molecule has 160 valence electrons. The number of carbonyl (C=O) groups excluding carboxylic acids is 4. The van der Waals surface area contributed by atoms with Crippen LogP contribution in [0.15, 0.2) is 0 Å². The van der Waals surface area contributed by atoms with E-state index in [9.17, 15) is 19.2 Å². The summed E-state index contributed by atoms with van der Waals surface area (Å²) in [6.07, 6.45) is 1.13. The summed E-state index contributed by atoms with van der Waals surface area (Å²) in [7, 11) is 0. The second kappa shape index (κ2) is 9.75. The summed E-state index contributed by atoms with van der Waals surface area (Å²) in [4.78, 5) is 50.5. The van der Waals surface area contributed by atoms with Gasteiger partial charge in [0.25, 0.3) is 0 Å². The Bertz CT molecular complexity index is 602. The molecule has 9 nitrogen and oxygen atoms in total. The van der Waals surface area contributed by atoms with Gasteiger partial charge in [0.05, 0.1) is 0 Å². The summed E-state index contributed by atoms with van der Waals surface area (Å²) in [6.45, 7) is 10.9. The lowest BCUT2D eigenvalue weighted by molar-refractivity contribution is -0.140. The molecule has 28 heavy (non-hydrogen) atoms. The van der Waals surface area contributed by atoms with E-state index in [0.29, 0.717) is 25.8 Å². The Morgan fingerprint density at radius 1 is 1.18 bits per heavy atom. The fourth-order valence-electron chi connectivity index (χ4n) is 3.08. The SMILES string of the molecule is CC[C@H](C)[C@H](NC(=O)[C@@H]1CCCN1C(=O)[C@H](C)NC(=O)OC(C)(C)C)C(N)=O. The number of ether oxygens (including phenoxy) is 1. The van der Waals surface area contributed by atoms with Crippen molar-refractivity contribution >= 4 is 23.8 Å². The van der Waals surface area contributed by atoms with Gasteiger partial charge in [0.1, 0.15) is 23.7 Å². The predicted octanol–water partition coefficient (Wildman–Crippen LogP) is 0.907. The van der Waals surface area contributed by atoms with Crippen molar-refractivity contribution in [2.24, 2.45) is 11.7 Å². The van der Waals surface area contributed by atoms with Crippen LogP contribution in [0.4, 0.5) is 4.79 Å². The lowest BCUT2D eigenvalue weighted by Crippen LogP contribution is -2.56. The number of hydrogen-bond donors (Lipinski definition) is 3. The molecule has 0 aromatic heterocycles. The normalized spacial score (nSPS) is 20.1. The molecule has 1 aliphatic rings. The van der Waals surface area contributed by atoms with E-state index in [0.717, 1.165) is 0 Å². The minimum atomic E-state index is -0.843. The van der Waals surface area contributed by atoms with Crippen LogP contribution in [0.2, 0.25) is 0 Å². The summed E-state index contributed by atoms with van der Waals surface area (Å²) in [5.41, 5.74) is 4.73. The van der Waals surface area contributed by atoms with E-state index in [-0.39, 0.29) is 11.8 Å². The standard InChI is InChI=1S/C19H34N4O5/c1-7-11(2)14(15(20)24)22-16(25)13-9-8-10-23(13)17(26)12(3)21-18(27)28-19(4,5)6/h11-14H,7-10H2,1-6H3,(H2,20,24)(H,21,27)(H,22,25)/t11-,12-,13-,14-/m0/s1. The van der Waals surface area contributed by atoms with Crippen LogP contribution in [0.1, 0.15) is 60.8 Å². The lowest BCUT2D eigenvalue weighted by Gasteiger charge is -2.29. The van der Waals surface area contributed by atoms with Crippen LogP contribution < -0.4 is 16.4 Å². The largest absolute Gasteiger partial charge is 0.444 e. The summed E-state index contributed by atoms with van der Waals surface area (Å²) in [6, 6.07) is -2.32. The fraction of sp³-hybridized carbons (Fsp3) is 0.789. The van der Waals surface area contributed by atoms with Crippen molar-refractivity contribution in [1.29, 1.82) is 0 Å². The van der Waals surface area contributed by atoms with E-state index in [2.05, 4.69) is 10.6 Å². The highest BCUT2D eigenvalue weighted by atomic mass is 16.6. The third-order valence-corrected chi connectivity index (χ3v) is 4.76. The molecule has 0 aliphatic carbocycles. The number of rotatable bonds is 7. The smallest absolute Gasteiger partial charge is 0.408 e. The van der Waals surface area contributed by atoms with E-state index in [4.69, 9.17) is 10.5 Å². The fourth-order valence-corrected chi connectivity index (χ4v) is 3.08. The van der Waals surface area contributed by atoms with Gasteiger partial charge in [0.2, 0.25) is 17.7 Å². The first-order valence-corrected chi connectivity index (χ1v) is 9.77. The van der Waals surface area contributed by atoms with Gasteiger partial charge in [-0.1, -0.05) is 20.3 Å². The Balaban J connectivity index is 2.77. The number of nitrogens with zero attached hydrogens (tertiary/aromatic N) is 1. The summed E-state index contributed by atoms with van der Waals surface area (Å²) in [5, 5.41) is 5.19. The van der Waals surface area contributed by atoms with Gasteiger partial charge in [-0.2, -0.15) is 0 Å². The summed E-state index contributed by atoms with van der Waals surface area (Å²) in [5.74, 6) is -1.49.